The Bertz CT molecular complexity index is 498. The van der Waals surface area contributed by atoms with Crippen molar-refractivity contribution in [1.82, 2.24) is 0 Å². The number of alkyl halides is 1. The predicted octanol–water partition coefficient (Wildman–Crippen LogP) is 3.93. The number of ether oxygens (including phenoxy) is 1. The van der Waals surface area contributed by atoms with Crippen molar-refractivity contribution in [3.8, 4) is 0 Å². The van der Waals surface area contributed by atoms with Gasteiger partial charge in [0.2, 0.25) is 0 Å². The van der Waals surface area contributed by atoms with Crippen molar-refractivity contribution >= 4 is 28.6 Å². The van der Waals surface area contributed by atoms with Crippen LogP contribution < -0.4 is 0 Å². The summed E-state index contributed by atoms with van der Waals surface area (Å²) in [5.41, 5.74) is 1.27. The van der Waals surface area contributed by atoms with Crippen LogP contribution in [0.3, 0.4) is 0 Å². The fourth-order valence-electron chi connectivity index (χ4n) is 2.13. The molecule has 0 saturated heterocycles. The molecule has 0 fully saturated rings. The first-order valence-electron chi connectivity index (χ1n) is 6.05. The number of benzene rings is 2. The second-order valence-corrected chi connectivity index (χ2v) is 5.05. The van der Waals surface area contributed by atoms with Crippen LogP contribution >= 0.6 is 22.6 Å². The minimum Gasteiger partial charge on any atom is -0.449 e. The number of esters is 1. The van der Waals surface area contributed by atoms with Crippen LogP contribution in [-0.4, -0.2) is 10.4 Å². The molecule has 19 heavy (non-hydrogen) atoms. The topological polar surface area (TPSA) is 26.3 Å². The van der Waals surface area contributed by atoms with Gasteiger partial charge in [-0.15, -0.1) is 0 Å². The van der Waals surface area contributed by atoms with E-state index in [4.69, 9.17) is 4.74 Å². The van der Waals surface area contributed by atoms with E-state index in [1.165, 1.54) is 6.92 Å². The van der Waals surface area contributed by atoms with Crippen LogP contribution in [0.2, 0.25) is 0 Å². The summed E-state index contributed by atoms with van der Waals surface area (Å²) >= 11 is 2.27. The summed E-state index contributed by atoms with van der Waals surface area (Å²) in [6.07, 6.45) is 0. The molecule has 0 bridgehead atoms. The average Bonchev–Trinajstić information content (AvgIpc) is 2.46. The highest BCUT2D eigenvalue weighted by Gasteiger charge is 2.36. The van der Waals surface area contributed by atoms with Crippen LogP contribution in [-0.2, 0) is 15.1 Å². The van der Waals surface area contributed by atoms with Gasteiger partial charge >= 0.3 is 5.97 Å². The van der Waals surface area contributed by atoms with Crippen molar-refractivity contribution in [2.45, 2.75) is 12.5 Å². The first-order valence-corrected chi connectivity index (χ1v) is 7.58. The normalized spacial score (nSPS) is 11.1. The Kier molecular flexibility index (Phi) is 4.58. The van der Waals surface area contributed by atoms with Crippen LogP contribution in [0.4, 0.5) is 0 Å². The van der Waals surface area contributed by atoms with E-state index in [0.29, 0.717) is 4.43 Å². The first kappa shape index (κ1) is 14.1. The Morgan fingerprint density at radius 2 is 1.42 bits per heavy atom. The maximum absolute atomic E-state index is 11.5. The molecule has 0 aromatic heterocycles. The molecule has 0 aliphatic carbocycles. The van der Waals surface area contributed by atoms with E-state index < -0.39 is 5.60 Å². The molecule has 0 atom stereocenters. The Morgan fingerprint density at radius 1 is 1.00 bits per heavy atom. The van der Waals surface area contributed by atoms with E-state index >= 15 is 0 Å². The van der Waals surface area contributed by atoms with Gasteiger partial charge < -0.3 is 4.74 Å². The molecule has 0 aliphatic heterocycles. The highest BCUT2D eigenvalue weighted by Crippen LogP contribution is 2.35. The van der Waals surface area contributed by atoms with Crippen molar-refractivity contribution in [2.75, 3.05) is 4.43 Å². The van der Waals surface area contributed by atoms with Crippen LogP contribution in [0.5, 0.6) is 0 Å². The van der Waals surface area contributed by atoms with Gasteiger partial charge in [0.1, 0.15) is 0 Å². The fourth-order valence-corrected chi connectivity index (χ4v) is 3.16. The second kappa shape index (κ2) is 6.19. The van der Waals surface area contributed by atoms with E-state index in [9.17, 15) is 4.79 Å². The minimum atomic E-state index is -0.713. The van der Waals surface area contributed by atoms with Gasteiger partial charge in [-0.2, -0.15) is 0 Å². The SMILES string of the molecule is CC(=O)OC(CI)(c1ccccc1)c1ccccc1. The van der Waals surface area contributed by atoms with Crippen molar-refractivity contribution in [3.05, 3.63) is 71.8 Å². The van der Waals surface area contributed by atoms with Gasteiger partial charge in [0.15, 0.2) is 5.60 Å². The lowest BCUT2D eigenvalue weighted by Gasteiger charge is -2.32. The minimum absolute atomic E-state index is 0.274. The monoisotopic (exact) mass is 366 g/mol. The smallest absolute Gasteiger partial charge is 0.303 e. The van der Waals surface area contributed by atoms with Crippen molar-refractivity contribution in [2.24, 2.45) is 0 Å². The largest absolute Gasteiger partial charge is 0.449 e. The van der Waals surface area contributed by atoms with E-state index in [-0.39, 0.29) is 5.97 Å². The lowest BCUT2D eigenvalue weighted by molar-refractivity contribution is -0.151. The molecule has 2 aromatic carbocycles. The quantitative estimate of drug-likeness (QED) is 0.466. The summed E-state index contributed by atoms with van der Waals surface area (Å²) in [6.45, 7) is 1.45. The van der Waals surface area contributed by atoms with E-state index in [1.807, 2.05) is 60.7 Å². The standard InChI is InChI=1S/C16H15IO2/c1-13(18)19-16(12-17,14-8-4-2-5-9-14)15-10-6-3-7-11-15/h2-11H,12H2,1H3. The first-order chi connectivity index (χ1) is 9.19. The van der Waals surface area contributed by atoms with Gasteiger partial charge in [0.05, 0.1) is 0 Å². The Labute approximate surface area is 126 Å². The van der Waals surface area contributed by atoms with E-state index in [2.05, 4.69) is 22.6 Å². The number of halogens is 1. The number of carbonyl (C=O) groups excluding carboxylic acids is 1. The molecular weight excluding hydrogens is 351 g/mol. The van der Waals surface area contributed by atoms with Gasteiger partial charge in [0.25, 0.3) is 0 Å². The molecule has 0 radical (unpaired) electrons. The zero-order chi connectivity index (χ0) is 13.7. The van der Waals surface area contributed by atoms with Crippen LogP contribution in [0.15, 0.2) is 60.7 Å². The molecule has 0 saturated carbocycles. The summed E-state index contributed by atoms with van der Waals surface area (Å²) in [4.78, 5) is 11.5. The van der Waals surface area contributed by atoms with Gasteiger partial charge in [-0.1, -0.05) is 83.3 Å². The molecule has 0 aliphatic rings. The zero-order valence-corrected chi connectivity index (χ0v) is 12.8. The maximum atomic E-state index is 11.5. The summed E-state index contributed by atoms with van der Waals surface area (Å²) in [5.74, 6) is -0.274. The summed E-state index contributed by atoms with van der Waals surface area (Å²) in [6, 6.07) is 19.7. The number of hydrogen-bond acceptors (Lipinski definition) is 2. The Morgan fingerprint density at radius 3 is 1.74 bits per heavy atom. The molecule has 3 heteroatoms. The highest BCUT2D eigenvalue weighted by atomic mass is 127. The third-order valence-corrected chi connectivity index (χ3v) is 4.06. The van der Waals surface area contributed by atoms with Crippen LogP contribution in [0.1, 0.15) is 18.1 Å². The Balaban J connectivity index is 2.58. The van der Waals surface area contributed by atoms with Gasteiger partial charge in [-0.05, 0) is 0 Å². The summed E-state index contributed by atoms with van der Waals surface area (Å²) in [7, 11) is 0. The van der Waals surface area contributed by atoms with Gasteiger partial charge in [-0.3, -0.25) is 4.79 Å². The Hall–Kier alpha value is -1.36. The number of hydrogen-bond donors (Lipinski definition) is 0. The van der Waals surface area contributed by atoms with Crippen LogP contribution in [0.25, 0.3) is 0 Å². The summed E-state index contributed by atoms with van der Waals surface area (Å²) < 4.78 is 6.38. The lowest BCUT2D eigenvalue weighted by Crippen LogP contribution is -2.34. The third kappa shape index (κ3) is 2.97. The molecule has 0 heterocycles. The molecule has 2 nitrogen and oxygen atoms in total. The third-order valence-electron chi connectivity index (χ3n) is 2.99. The molecule has 98 valence electrons. The maximum Gasteiger partial charge on any atom is 0.303 e. The zero-order valence-electron chi connectivity index (χ0n) is 10.7. The highest BCUT2D eigenvalue weighted by molar-refractivity contribution is 14.1. The van der Waals surface area contributed by atoms with Gasteiger partial charge in [0, 0.05) is 22.5 Å². The van der Waals surface area contributed by atoms with Crippen molar-refractivity contribution < 1.29 is 9.53 Å². The predicted molar refractivity (Wildman–Crippen MR) is 84.3 cm³/mol. The number of carbonyl (C=O) groups is 1. The molecular formula is C16H15IO2. The lowest BCUT2D eigenvalue weighted by atomic mass is 9.88. The molecule has 0 N–H and O–H groups in total. The molecule has 2 aromatic rings. The van der Waals surface area contributed by atoms with Crippen LogP contribution in [0, 0.1) is 0 Å². The fraction of sp³-hybridized carbons (Fsp3) is 0.188. The van der Waals surface area contributed by atoms with Gasteiger partial charge in [-0.25, -0.2) is 0 Å². The van der Waals surface area contributed by atoms with E-state index in [1.54, 1.807) is 0 Å². The summed E-state index contributed by atoms with van der Waals surface area (Å²) in [5, 5.41) is 0. The molecule has 0 amide bonds. The molecule has 0 spiro atoms. The second-order valence-electron chi connectivity index (χ2n) is 4.29. The molecule has 0 unspecified atom stereocenters. The average molecular weight is 366 g/mol. The van der Waals surface area contributed by atoms with Crippen molar-refractivity contribution in [3.63, 3.8) is 0 Å². The molecule has 2 rings (SSSR count). The van der Waals surface area contributed by atoms with E-state index in [0.717, 1.165) is 11.1 Å². The van der Waals surface area contributed by atoms with Crippen molar-refractivity contribution in [1.29, 1.82) is 0 Å². The number of rotatable bonds is 4.